The van der Waals surface area contributed by atoms with Crippen molar-refractivity contribution in [1.82, 2.24) is 0 Å². The van der Waals surface area contributed by atoms with Crippen LogP contribution in [0.15, 0.2) is 18.2 Å². The van der Waals surface area contributed by atoms with Gasteiger partial charge in [0.25, 0.3) is 0 Å². The lowest BCUT2D eigenvalue weighted by Crippen LogP contribution is -2.36. The van der Waals surface area contributed by atoms with Crippen LogP contribution in [0.5, 0.6) is 5.75 Å². The third-order valence-electron chi connectivity index (χ3n) is 2.44. The Morgan fingerprint density at radius 1 is 1.31 bits per heavy atom. The summed E-state index contributed by atoms with van der Waals surface area (Å²) in [6.07, 6.45) is -6.11. The van der Waals surface area contributed by atoms with Crippen molar-refractivity contribution in [2.45, 2.75) is 18.4 Å². The molecule has 0 spiro atoms. The molecule has 0 radical (unpaired) electrons. The molecule has 2 atom stereocenters. The van der Waals surface area contributed by atoms with Crippen molar-refractivity contribution in [2.75, 3.05) is 6.61 Å². The third-order valence-corrected chi connectivity index (χ3v) is 2.44. The van der Waals surface area contributed by atoms with E-state index in [9.17, 15) is 17.6 Å². The maximum absolute atomic E-state index is 13.6. The molecule has 1 unspecified atom stereocenters. The highest BCUT2D eigenvalue weighted by Gasteiger charge is 2.34. The predicted octanol–water partition coefficient (Wildman–Crippen LogP) is 2.44. The Kier molecular flexibility index (Phi) is 2.53. The Morgan fingerprint density at radius 2 is 2.00 bits per heavy atom. The lowest BCUT2D eigenvalue weighted by Gasteiger charge is -2.26. The summed E-state index contributed by atoms with van der Waals surface area (Å²) >= 11 is 0. The fraction of sp³-hybridized carbons (Fsp3) is 0.400. The second-order valence-electron chi connectivity index (χ2n) is 3.63. The molecule has 0 saturated heterocycles. The molecular weight excluding hydrogens is 226 g/mol. The van der Waals surface area contributed by atoms with Gasteiger partial charge in [-0.3, -0.25) is 0 Å². The predicted molar refractivity (Wildman–Crippen MR) is 48.8 cm³/mol. The number of alkyl halides is 4. The van der Waals surface area contributed by atoms with Gasteiger partial charge in [0.15, 0.2) is 0 Å². The van der Waals surface area contributed by atoms with Gasteiger partial charge in [-0.1, -0.05) is 0 Å². The zero-order valence-electron chi connectivity index (χ0n) is 8.09. The molecule has 1 heterocycles. The summed E-state index contributed by atoms with van der Waals surface area (Å²) in [5.41, 5.74) is 4.34. The second-order valence-corrected chi connectivity index (χ2v) is 3.63. The van der Waals surface area contributed by atoms with Crippen LogP contribution in [-0.2, 0) is 6.18 Å². The van der Waals surface area contributed by atoms with Gasteiger partial charge < -0.3 is 10.5 Å². The average molecular weight is 235 g/mol. The molecular formula is C10H9F4NO. The number of fused-ring (bicyclic) bond motifs is 1. The van der Waals surface area contributed by atoms with Crippen LogP contribution in [0, 0.1) is 0 Å². The van der Waals surface area contributed by atoms with E-state index in [1.807, 2.05) is 0 Å². The summed E-state index contributed by atoms with van der Waals surface area (Å²) < 4.78 is 55.8. The van der Waals surface area contributed by atoms with Crippen molar-refractivity contribution in [3.8, 4) is 5.75 Å². The van der Waals surface area contributed by atoms with Crippen molar-refractivity contribution in [3.63, 3.8) is 0 Å². The van der Waals surface area contributed by atoms with Crippen molar-refractivity contribution < 1.29 is 22.3 Å². The van der Waals surface area contributed by atoms with Crippen LogP contribution >= 0.6 is 0 Å². The average Bonchev–Trinajstić information content (AvgIpc) is 2.22. The molecule has 16 heavy (non-hydrogen) atoms. The quantitative estimate of drug-likeness (QED) is 0.701. The lowest BCUT2D eigenvalue weighted by molar-refractivity contribution is -0.137. The molecule has 2 N–H and O–H groups in total. The maximum Gasteiger partial charge on any atom is 0.416 e. The van der Waals surface area contributed by atoms with E-state index in [0.717, 1.165) is 18.2 Å². The van der Waals surface area contributed by atoms with E-state index < -0.39 is 24.0 Å². The van der Waals surface area contributed by atoms with Gasteiger partial charge in [-0.2, -0.15) is 13.2 Å². The highest BCUT2D eigenvalue weighted by Crippen LogP contribution is 2.38. The minimum absolute atomic E-state index is 0.0282. The molecule has 0 amide bonds. The molecule has 88 valence electrons. The number of rotatable bonds is 0. The normalized spacial score (nSPS) is 24.8. The molecule has 1 aliphatic rings. The zero-order valence-corrected chi connectivity index (χ0v) is 8.09. The number of ether oxygens (including phenoxy) is 1. The molecule has 1 aliphatic heterocycles. The first kappa shape index (κ1) is 11.2. The van der Waals surface area contributed by atoms with Crippen LogP contribution in [0.2, 0.25) is 0 Å². The molecule has 0 fully saturated rings. The van der Waals surface area contributed by atoms with E-state index >= 15 is 0 Å². The number of hydrogen-bond donors (Lipinski definition) is 1. The standard InChI is InChI=1S/C10H9F4NO/c11-9-6-3-5(10(12,13)14)1-2-8(6)16-4-7(9)15/h1-3,7,9H,4,15H2/t7-,9?/m0/s1. The highest BCUT2D eigenvalue weighted by atomic mass is 19.4. The first-order valence-corrected chi connectivity index (χ1v) is 4.63. The Bertz CT molecular complexity index is 404. The molecule has 0 bridgehead atoms. The molecule has 2 rings (SSSR count). The van der Waals surface area contributed by atoms with Crippen LogP contribution < -0.4 is 10.5 Å². The fourth-order valence-corrected chi connectivity index (χ4v) is 1.57. The minimum Gasteiger partial charge on any atom is -0.491 e. The molecule has 1 aromatic carbocycles. The summed E-state index contributed by atoms with van der Waals surface area (Å²) in [4.78, 5) is 0. The van der Waals surface area contributed by atoms with Gasteiger partial charge in [0.2, 0.25) is 0 Å². The molecule has 0 saturated carbocycles. The molecule has 1 aromatic rings. The van der Waals surface area contributed by atoms with Crippen LogP contribution in [-0.4, -0.2) is 12.6 Å². The van der Waals surface area contributed by atoms with Crippen LogP contribution in [0.25, 0.3) is 0 Å². The molecule has 6 heteroatoms. The van der Waals surface area contributed by atoms with E-state index in [4.69, 9.17) is 10.5 Å². The summed E-state index contributed by atoms with van der Waals surface area (Å²) in [6.45, 7) is -0.0282. The van der Waals surface area contributed by atoms with Gasteiger partial charge in [0, 0.05) is 5.56 Å². The summed E-state index contributed by atoms with van der Waals surface area (Å²) in [7, 11) is 0. The second kappa shape index (κ2) is 3.62. The minimum atomic E-state index is -4.49. The SMILES string of the molecule is N[C@H]1COc2ccc(C(F)(F)F)cc2C1F. The molecule has 0 aromatic heterocycles. The first-order chi connectivity index (χ1) is 7.39. The first-order valence-electron chi connectivity index (χ1n) is 4.63. The zero-order chi connectivity index (χ0) is 11.9. The topological polar surface area (TPSA) is 35.2 Å². The van der Waals surface area contributed by atoms with E-state index in [1.165, 1.54) is 0 Å². The van der Waals surface area contributed by atoms with Gasteiger partial charge in [-0.15, -0.1) is 0 Å². The van der Waals surface area contributed by atoms with E-state index in [2.05, 4.69) is 0 Å². The van der Waals surface area contributed by atoms with Crippen molar-refractivity contribution in [3.05, 3.63) is 29.3 Å². The lowest BCUT2D eigenvalue weighted by atomic mass is 9.99. The van der Waals surface area contributed by atoms with Crippen LogP contribution in [0.4, 0.5) is 17.6 Å². The van der Waals surface area contributed by atoms with Gasteiger partial charge in [0.05, 0.1) is 11.6 Å². The van der Waals surface area contributed by atoms with Crippen molar-refractivity contribution in [2.24, 2.45) is 5.73 Å². The van der Waals surface area contributed by atoms with Crippen LogP contribution in [0.3, 0.4) is 0 Å². The molecule has 2 nitrogen and oxygen atoms in total. The fourth-order valence-electron chi connectivity index (χ4n) is 1.57. The Balaban J connectivity index is 2.45. The maximum atomic E-state index is 13.6. The van der Waals surface area contributed by atoms with E-state index in [1.54, 1.807) is 0 Å². The smallest absolute Gasteiger partial charge is 0.416 e. The van der Waals surface area contributed by atoms with Gasteiger partial charge >= 0.3 is 6.18 Å². The largest absolute Gasteiger partial charge is 0.491 e. The van der Waals surface area contributed by atoms with E-state index in [0.29, 0.717) is 0 Å². The molecule has 0 aliphatic carbocycles. The summed E-state index contributed by atoms with van der Waals surface area (Å²) in [6, 6.07) is 1.81. The monoisotopic (exact) mass is 235 g/mol. The van der Waals surface area contributed by atoms with Gasteiger partial charge in [-0.05, 0) is 18.2 Å². The van der Waals surface area contributed by atoms with Crippen molar-refractivity contribution in [1.29, 1.82) is 0 Å². The highest BCUT2D eigenvalue weighted by molar-refractivity contribution is 5.41. The number of nitrogens with two attached hydrogens (primary N) is 1. The Labute approximate surface area is 89.0 Å². The summed E-state index contributed by atoms with van der Waals surface area (Å²) in [5.74, 6) is 0.127. The van der Waals surface area contributed by atoms with E-state index in [-0.39, 0.29) is 17.9 Å². The Hall–Kier alpha value is -1.30. The third kappa shape index (κ3) is 1.84. The number of halogens is 4. The summed E-state index contributed by atoms with van der Waals surface area (Å²) in [5, 5.41) is 0. The van der Waals surface area contributed by atoms with Crippen molar-refractivity contribution >= 4 is 0 Å². The Morgan fingerprint density at radius 3 is 2.62 bits per heavy atom. The number of benzene rings is 1. The van der Waals surface area contributed by atoms with Gasteiger partial charge in [0.1, 0.15) is 18.5 Å². The van der Waals surface area contributed by atoms with Crippen LogP contribution in [0.1, 0.15) is 17.3 Å². The number of hydrogen-bond acceptors (Lipinski definition) is 2. The van der Waals surface area contributed by atoms with Gasteiger partial charge in [-0.25, -0.2) is 4.39 Å².